The topological polar surface area (TPSA) is 0 Å². The SMILES string of the molecule is C.CC.CC.CC.CCCCCC.CCCCCC1CCC2(C)C3CCC4(C)C(C(C)CCC(C)(CC)C(C)C)CCC4C3[C@H](C)CC2(C)C1. The molecular weight excluding hydrogens is 601 g/mol. The molecule has 0 N–H and O–H groups in total. The van der Waals surface area contributed by atoms with Gasteiger partial charge in [-0.05, 0) is 133 Å². The average Bonchev–Trinajstić information content (AvgIpc) is 3.46. The molecule has 10 unspecified atom stereocenters. The van der Waals surface area contributed by atoms with Crippen LogP contribution in [0, 0.1) is 69.0 Å². The quantitative estimate of drug-likeness (QED) is 0.167. The van der Waals surface area contributed by atoms with Gasteiger partial charge in [0.25, 0.3) is 0 Å². The lowest BCUT2D eigenvalue weighted by atomic mass is 9.37. The second kappa shape index (κ2) is 25.1. The predicted molar refractivity (Wildman–Crippen MR) is 234 cm³/mol. The van der Waals surface area contributed by atoms with Crippen LogP contribution >= 0.6 is 0 Å². The molecular formula is C50H104. The fraction of sp³-hybridized carbons (Fsp3) is 1.00. The summed E-state index contributed by atoms with van der Waals surface area (Å²) >= 11 is 0. The number of rotatable bonds is 13. The first-order valence-corrected chi connectivity index (χ1v) is 23.3. The molecule has 0 radical (unpaired) electrons. The van der Waals surface area contributed by atoms with Crippen molar-refractivity contribution in [3.63, 3.8) is 0 Å². The molecule has 4 fully saturated rings. The highest BCUT2D eigenvalue weighted by Crippen LogP contribution is 2.73. The molecule has 4 saturated carbocycles. The number of fused-ring (bicyclic) bond motifs is 5. The van der Waals surface area contributed by atoms with Gasteiger partial charge in [0.2, 0.25) is 0 Å². The van der Waals surface area contributed by atoms with Crippen LogP contribution in [-0.4, -0.2) is 0 Å². The van der Waals surface area contributed by atoms with Gasteiger partial charge in [-0.15, -0.1) is 0 Å². The first-order chi connectivity index (χ1) is 23.3. The fourth-order valence-electron chi connectivity index (χ4n) is 12.3. The van der Waals surface area contributed by atoms with Crippen LogP contribution in [0.2, 0.25) is 0 Å². The zero-order valence-corrected chi connectivity index (χ0v) is 38.1. The summed E-state index contributed by atoms with van der Waals surface area (Å²) < 4.78 is 0. The van der Waals surface area contributed by atoms with E-state index < -0.39 is 0 Å². The first kappa shape index (κ1) is 52.1. The van der Waals surface area contributed by atoms with Gasteiger partial charge in [0, 0.05) is 0 Å². The third-order valence-electron chi connectivity index (χ3n) is 16.1. The lowest BCUT2D eigenvalue weighted by Gasteiger charge is -2.67. The number of hydrogen-bond donors (Lipinski definition) is 0. The Bertz CT molecular complexity index is 807. The van der Waals surface area contributed by atoms with Crippen molar-refractivity contribution < 1.29 is 0 Å². The van der Waals surface area contributed by atoms with Gasteiger partial charge in [-0.1, -0.05) is 190 Å². The Labute approximate surface area is 322 Å². The van der Waals surface area contributed by atoms with Crippen molar-refractivity contribution in [3.8, 4) is 0 Å². The van der Waals surface area contributed by atoms with Crippen LogP contribution in [-0.2, 0) is 0 Å². The van der Waals surface area contributed by atoms with Crippen molar-refractivity contribution in [1.29, 1.82) is 0 Å². The van der Waals surface area contributed by atoms with Crippen LogP contribution in [0.25, 0.3) is 0 Å². The highest BCUT2D eigenvalue weighted by Gasteiger charge is 2.65. The molecule has 0 aromatic rings. The smallest absolute Gasteiger partial charge is 0.0240 e. The summed E-state index contributed by atoms with van der Waals surface area (Å²) in [7, 11) is 0. The second-order valence-corrected chi connectivity index (χ2v) is 18.7. The number of hydrogen-bond acceptors (Lipinski definition) is 0. The van der Waals surface area contributed by atoms with E-state index in [0.29, 0.717) is 21.7 Å². The average molecular weight is 705 g/mol. The molecule has 0 heteroatoms. The molecule has 0 aliphatic heterocycles. The van der Waals surface area contributed by atoms with E-state index in [0.717, 1.165) is 47.3 Å². The van der Waals surface area contributed by atoms with Crippen LogP contribution in [0.5, 0.6) is 0 Å². The minimum Gasteiger partial charge on any atom is -0.0776 e. The molecule has 0 aromatic carbocycles. The predicted octanol–water partition coefficient (Wildman–Crippen LogP) is 18.3. The summed E-state index contributed by atoms with van der Waals surface area (Å²) in [6, 6.07) is 0. The van der Waals surface area contributed by atoms with Crippen LogP contribution in [0.3, 0.4) is 0 Å². The Morgan fingerprint density at radius 3 is 1.72 bits per heavy atom. The molecule has 11 atom stereocenters. The molecule has 0 saturated heterocycles. The maximum atomic E-state index is 2.80. The molecule has 4 rings (SSSR count). The van der Waals surface area contributed by atoms with Crippen LogP contribution in [0.4, 0.5) is 0 Å². The first-order valence-electron chi connectivity index (χ1n) is 23.3. The van der Waals surface area contributed by atoms with Crippen molar-refractivity contribution in [2.75, 3.05) is 0 Å². The van der Waals surface area contributed by atoms with Crippen molar-refractivity contribution in [1.82, 2.24) is 0 Å². The third-order valence-corrected chi connectivity index (χ3v) is 16.1. The Kier molecular flexibility index (Phi) is 26.2. The molecule has 0 aromatic heterocycles. The van der Waals surface area contributed by atoms with Crippen molar-refractivity contribution in [3.05, 3.63) is 0 Å². The molecule has 0 heterocycles. The van der Waals surface area contributed by atoms with Crippen LogP contribution in [0.1, 0.15) is 254 Å². The van der Waals surface area contributed by atoms with Crippen LogP contribution < -0.4 is 0 Å². The summed E-state index contributed by atoms with van der Waals surface area (Å²) in [6.07, 6.45) is 27.8. The van der Waals surface area contributed by atoms with Gasteiger partial charge in [0.05, 0.1) is 0 Å². The molecule has 0 bridgehead atoms. The summed E-state index contributed by atoms with van der Waals surface area (Å²) in [5.74, 6) is 7.60. The molecule has 4 aliphatic rings. The van der Waals surface area contributed by atoms with Gasteiger partial charge in [-0.2, -0.15) is 0 Å². The maximum Gasteiger partial charge on any atom is -0.0240 e. The Hall–Kier alpha value is 0. The van der Waals surface area contributed by atoms with Gasteiger partial charge in [0.1, 0.15) is 0 Å². The lowest BCUT2D eigenvalue weighted by molar-refractivity contribution is -0.184. The zero-order valence-electron chi connectivity index (χ0n) is 38.1. The van der Waals surface area contributed by atoms with Crippen LogP contribution in [0.15, 0.2) is 0 Å². The summed E-state index contributed by atoms with van der Waals surface area (Å²) in [4.78, 5) is 0. The van der Waals surface area contributed by atoms with E-state index in [4.69, 9.17) is 0 Å². The minimum absolute atomic E-state index is 0. The van der Waals surface area contributed by atoms with E-state index >= 15 is 0 Å². The Morgan fingerprint density at radius 1 is 0.680 bits per heavy atom. The summed E-state index contributed by atoms with van der Waals surface area (Å²) in [6.45, 7) is 42.4. The molecule has 304 valence electrons. The van der Waals surface area contributed by atoms with Crippen molar-refractivity contribution >= 4 is 0 Å². The summed E-state index contributed by atoms with van der Waals surface area (Å²) in [5, 5.41) is 0. The van der Waals surface area contributed by atoms with Gasteiger partial charge in [-0.25, -0.2) is 0 Å². The molecule has 4 aliphatic carbocycles. The normalized spacial score (nSPS) is 35.6. The monoisotopic (exact) mass is 705 g/mol. The largest absolute Gasteiger partial charge is 0.0776 e. The standard InChI is InChI=1S/C37H68.C6H14.3C2H6.CH4/c1-11-13-14-15-29-19-23-37(10)32-20-22-36(9)30(27(5)18-21-34(7,12-2)26(3)4)16-17-31(36)33(32)28(6)24-35(37,8)25-29;1-3-5-6-4-2;3*1-2;/h26-33H,11-25H2,1-10H3;3-6H2,1-2H3;3*1-2H3;1H4/t27?,28-,29?,30?,31?,32?,33?,34?,35?,36?,37?;;;;;/m1...../s1. The Morgan fingerprint density at radius 2 is 1.22 bits per heavy atom. The highest BCUT2D eigenvalue weighted by molar-refractivity contribution is 5.14. The van der Waals surface area contributed by atoms with E-state index in [-0.39, 0.29) is 7.43 Å². The van der Waals surface area contributed by atoms with E-state index in [2.05, 4.69) is 83.1 Å². The molecule has 0 nitrogen and oxygen atoms in total. The molecule has 50 heavy (non-hydrogen) atoms. The van der Waals surface area contributed by atoms with Crippen molar-refractivity contribution in [2.24, 2.45) is 69.0 Å². The minimum atomic E-state index is 0. The van der Waals surface area contributed by atoms with Gasteiger partial charge in [0.15, 0.2) is 0 Å². The lowest BCUT2D eigenvalue weighted by Crippen LogP contribution is -2.60. The van der Waals surface area contributed by atoms with E-state index in [1.165, 1.54) is 116 Å². The van der Waals surface area contributed by atoms with Crippen molar-refractivity contribution in [2.45, 2.75) is 254 Å². The van der Waals surface area contributed by atoms with E-state index in [1.54, 1.807) is 6.42 Å². The molecule has 0 amide bonds. The summed E-state index contributed by atoms with van der Waals surface area (Å²) in [5.41, 5.74) is 2.31. The second-order valence-electron chi connectivity index (χ2n) is 18.7. The van der Waals surface area contributed by atoms with Gasteiger partial charge in [-0.3, -0.25) is 0 Å². The van der Waals surface area contributed by atoms with E-state index in [9.17, 15) is 0 Å². The number of unbranched alkanes of at least 4 members (excludes halogenated alkanes) is 5. The molecule has 0 spiro atoms. The van der Waals surface area contributed by atoms with E-state index in [1.807, 2.05) is 41.5 Å². The fourth-order valence-corrected chi connectivity index (χ4v) is 12.3. The zero-order chi connectivity index (χ0) is 38.1. The Balaban J connectivity index is 0. The van der Waals surface area contributed by atoms with Gasteiger partial charge < -0.3 is 0 Å². The third kappa shape index (κ3) is 12.3. The van der Waals surface area contributed by atoms with Gasteiger partial charge >= 0.3 is 0 Å². The maximum absolute atomic E-state index is 2.80. The highest BCUT2D eigenvalue weighted by atomic mass is 14.7.